The highest BCUT2D eigenvalue weighted by Gasteiger charge is 2.49. The molecule has 0 aliphatic carbocycles. The van der Waals surface area contributed by atoms with Gasteiger partial charge in [-0.25, -0.2) is 4.79 Å². The van der Waals surface area contributed by atoms with Crippen LogP contribution in [0.5, 0.6) is 0 Å². The van der Waals surface area contributed by atoms with Gasteiger partial charge in [-0.3, -0.25) is 9.69 Å². The molecule has 2 heterocycles. The van der Waals surface area contributed by atoms with E-state index in [1.54, 1.807) is 4.90 Å². The Labute approximate surface area is 148 Å². The van der Waals surface area contributed by atoms with Crippen LogP contribution in [-0.4, -0.2) is 33.9 Å². The van der Waals surface area contributed by atoms with Crippen LogP contribution in [0.25, 0.3) is 10.9 Å². The van der Waals surface area contributed by atoms with Crippen molar-refractivity contribution in [2.75, 3.05) is 6.54 Å². The first-order chi connectivity index (χ1) is 11.7. The number of aromatic nitrogens is 1. The average molecular weight is 342 g/mol. The number of nitrogens with one attached hydrogen (secondary N) is 1. The number of carbonyl (C=O) groups is 2. The number of amides is 1. The topological polar surface area (TPSA) is 62.4 Å². The lowest BCUT2D eigenvalue weighted by Crippen LogP contribution is -2.57. The van der Waals surface area contributed by atoms with Gasteiger partial charge in [0.05, 0.1) is 5.69 Å². The number of hydrogen-bond donors (Lipinski definition) is 1. The average Bonchev–Trinajstić information content (AvgIpc) is 2.92. The molecule has 1 N–H and O–H groups in total. The molecule has 3 rings (SSSR count). The summed E-state index contributed by atoms with van der Waals surface area (Å²) in [5, 5.41) is 1.12. The van der Waals surface area contributed by atoms with Crippen LogP contribution in [0.3, 0.4) is 0 Å². The summed E-state index contributed by atoms with van der Waals surface area (Å²) in [6.45, 7) is 9.63. The van der Waals surface area contributed by atoms with Crippen molar-refractivity contribution in [2.45, 2.75) is 58.6 Å². The molecule has 25 heavy (non-hydrogen) atoms. The summed E-state index contributed by atoms with van der Waals surface area (Å²) in [7, 11) is 0. The van der Waals surface area contributed by atoms with E-state index in [0.29, 0.717) is 19.4 Å². The zero-order chi connectivity index (χ0) is 18.4. The monoisotopic (exact) mass is 342 g/mol. The van der Waals surface area contributed by atoms with Crippen LogP contribution in [0.2, 0.25) is 0 Å². The molecule has 5 heteroatoms. The summed E-state index contributed by atoms with van der Waals surface area (Å²) in [5.41, 5.74) is 1.29. The van der Waals surface area contributed by atoms with Gasteiger partial charge in [0.1, 0.15) is 11.1 Å². The Balaban J connectivity index is 2.14. The highest BCUT2D eigenvalue weighted by molar-refractivity contribution is 5.96. The molecule has 1 aliphatic heterocycles. The molecule has 5 nitrogen and oxygen atoms in total. The fourth-order valence-corrected chi connectivity index (χ4v) is 3.68. The van der Waals surface area contributed by atoms with Gasteiger partial charge in [0, 0.05) is 23.9 Å². The van der Waals surface area contributed by atoms with Crippen molar-refractivity contribution in [1.29, 1.82) is 0 Å². The Morgan fingerprint density at radius 1 is 1.28 bits per heavy atom. The van der Waals surface area contributed by atoms with E-state index in [4.69, 9.17) is 4.74 Å². The Morgan fingerprint density at radius 3 is 2.60 bits per heavy atom. The summed E-state index contributed by atoms with van der Waals surface area (Å²) in [6, 6.07) is 8.03. The Kier molecular flexibility index (Phi) is 4.13. The van der Waals surface area contributed by atoms with Crippen LogP contribution in [-0.2, 0) is 21.5 Å². The van der Waals surface area contributed by atoms with Crippen LogP contribution in [0.1, 0.15) is 52.3 Å². The smallest absolute Gasteiger partial charge is 0.411 e. The van der Waals surface area contributed by atoms with Crippen molar-refractivity contribution in [1.82, 2.24) is 9.88 Å². The first-order valence-electron chi connectivity index (χ1n) is 8.82. The fraction of sp³-hybridized carbons (Fsp3) is 0.500. The molecule has 0 bridgehead atoms. The number of carbonyl (C=O) groups excluding carboxylic acids is 2. The van der Waals surface area contributed by atoms with Crippen molar-refractivity contribution in [3.05, 3.63) is 35.5 Å². The third kappa shape index (κ3) is 2.81. The van der Waals surface area contributed by atoms with E-state index in [1.807, 2.05) is 52.8 Å². The normalized spacial score (nSPS) is 20.4. The molecular formula is C20H26N2O3. The van der Waals surface area contributed by atoms with Gasteiger partial charge < -0.3 is 9.72 Å². The molecule has 0 radical (unpaired) electrons. The van der Waals surface area contributed by atoms with Crippen LogP contribution in [0, 0.1) is 0 Å². The van der Waals surface area contributed by atoms with Crippen LogP contribution in [0.15, 0.2) is 24.3 Å². The molecule has 1 aromatic heterocycles. The van der Waals surface area contributed by atoms with E-state index < -0.39 is 17.2 Å². The number of hydrogen-bond acceptors (Lipinski definition) is 3. The largest absolute Gasteiger partial charge is 0.444 e. The van der Waals surface area contributed by atoms with Gasteiger partial charge >= 0.3 is 6.09 Å². The third-order valence-corrected chi connectivity index (χ3v) is 4.90. The molecule has 0 unspecified atom stereocenters. The number of benzene rings is 1. The maximum Gasteiger partial charge on any atom is 0.411 e. The van der Waals surface area contributed by atoms with Gasteiger partial charge in [0.25, 0.3) is 0 Å². The van der Waals surface area contributed by atoms with Crippen molar-refractivity contribution >= 4 is 22.8 Å². The van der Waals surface area contributed by atoms with Crippen LogP contribution >= 0.6 is 0 Å². The molecule has 0 fully saturated rings. The second kappa shape index (κ2) is 5.90. The lowest BCUT2D eigenvalue weighted by Gasteiger charge is -2.43. The van der Waals surface area contributed by atoms with Crippen molar-refractivity contribution < 1.29 is 14.3 Å². The number of aromatic amines is 1. The standard InChI is InChI=1S/C20H26N2O3/c1-6-16(23)20(5)17-14(13-9-7-8-10-15(13)21-17)11-12-22(20)18(24)25-19(2,3)4/h7-10,21H,6,11-12H2,1-5H3/t20-/m1/s1. The molecule has 0 spiro atoms. The van der Waals surface area contributed by atoms with Gasteiger partial charge in [-0.1, -0.05) is 25.1 Å². The fourth-order valence-electron chi connectivity index (χ4n) is 3.68. The highest BCUT2D eigenvalue weighted by atomic mass is 16.6. The number of H-pyrrole nitrogens is 1. The van der Waals surface area contributed by atoms with Crippen molar-refractivity contribution in [3.63, 3.8) is 0 Å². The number of para-hydroxylation sites is 1. The number of nitrogens with zero attached hydrogens (tertiary/aromatic N) is 1. The molecule has 1 aromatic carbocycles. The van der Waals surface area contributed by atoms with E-state index in [1.165, 1.54) is 0 Å². The van der Waals surface area contributed by atoms with Gasteiger partial charge in [0.2, 0.25) is 0 Å². The minimum Gasteiger partial charge on any atom is -0.444 e. The van der Waals surface area contributed by atoms with Crippen LogP contribution < -0.4 is 0 Å². The zero-order valence-electron chi connectivity index (χ0n) is 15.6. The first-order valence-corrected chi connectivity index (χ1v) is 8.82. The molecule has 1 aliphatic rings. The molecular weight excluding hydrogens is 316 g/mol. The molecule has 134 valence electrons. The Morgan fingerprint density at radius 2 is 1.96 bits per heavy atom. The summed E-state index contributed by atoms with van der Waals surface area (Å²) in [4.78, 5) is 30.7. The minimum atomic E-state index is -1.04. The molecule has 1 amide bonds. The molecule has 0 saturated carbocycles. The summed E-state index contributed by atoms with van der Waals surface area (Å²) < 4.78 is 5.58. The van der Waals surface area contributed by atoms with E-state index >= 15 is 0 Å². The second-order valence-corrected chi connectivity index (χ2v) is 7.76. The van der Waals surface area contributed by atoms with Gasteiger partial charge in [-0.2, -0.15) is 0 Å². The predicted molar refractivity (Wildman–Crippen MR) is 97.6 cm³/mol. The van der Waals surface area contributed by atoms with E-state index in [-0.39, 0.29) is 5.78 Å². The predicted octanol–water partition coefficient (Wildman–Crippen LogP) is 4.16. The highest BCUT2D eigenvalue weighted by Crippen LogP contribution is 2.40. The minimum absolute atomic E-state index is 0.00543. The van der Waals surface area contributed by atoms with Crippen molar-refractivity contribution in [3.8, 4) is 0 Å². The Bertz CT molecular complexity index is 831. The molecule has 1 atom stereocenters. The number of ketones is 1. The second-order valence-electron chi connectivity index (χ2n) is 7.76. The summed E-state index contributed by atoms with van der Waals surface area (Å²) in [5.74, 6) is 0.00543. The first kappa shape index (κ1) is 17.5. The van der Waals surface area contributed by atoms with Crippen LogP contribution in [0.4, 0.5) is 4.79 Å². The van der Waals surface area contributed by atoms with Gasteiger partial charge in [0.15, 0.2) is 5.78 Å². The zero-order valence-corrected chi connectivity index (χ0v) is 15.6. The van der Waals surface area contributed by atoms with E-state index in [0.717, 1.165) is 22.2 Å². The maximum absolute atomic E-state index is 12.9. The number of Topliss-reactive ketones (excluding diaryl/α,β-unsaturated/α-hetero) is 1. The number of fused-ring (bicyclic) bond motifs is 3. The van der Waals surface area contributed by atoms with E-state index in [2.05, 4.69) is 11.1 Å². The number of rotatable bonds is 2. The summed E-state index contributed by atoms with van der Waals surface area (Å²) in [6.07, 6.45) is 0.608. The lowest BCUT2D eigenvalue weighted by atomic mass is 9.82. The molecule has 2 aromatic rings. The SMILES string of the molecule is CCC(=O)[C@]1(C)c2[nH]c3ccccc3c2CCN1C(=O)OC(C)(C)C. The third-order valence-electron chi connectivity index (χ3n) is 4.90. The number of ether oxygens (including phenoxy) is 1. The van der Waals surface area contributed by atoms with E-state index in [9.17, 15) is 9.59 Å². The Hall–Kier alpha value is -2.30. The lowest BCUT2D eigenvalue weighted by molar-refractivity contribution is -0.131. The quantitative estimate of drug-likeness (QED) is 0.891. The van der Waals surface area contributed by atoms with Crippen molar-refractivity contribution in [2.24, 2.45) is 0 Å². The summed E-state index contributed by atoms with van der Waals surface area (Å²) >= 11 is 0. The van der Waals surface area contributed by atoms with Gasteiger partial charge in [-0.05, 0) is 45.7 Å². The molecule has 0 saturated heterocycles. The van der Waals surface area contributed by atoms with Gasteiger partial charge in [-0.15, -0.1) is 0 Å². The maximum atomic E-state index is 12.9.